The Bertz CT molecular complexity index is 685. The molecule has 0 saturated carbocycles. The van der Waals surface area contributed by atoms with E-state index in [9.17, 15) is 4.39 Å². The molecule has 3 aromatic rings. The van der Waals surface area contributed by atoms with Crippen LogP contribution < -0.4 is 0 Å². The molecule has 0 bridgehead atoms. The van der Waals surface area contributed by atoms with E-state index in [0.29, 0.717) is 22.6 Å². The van der Waals surface area contributed by atoms with Crippen molar-refractivity contribution in [1.82, 2.24) is 15.0 Å². The average Bonchev–Trinajstić information content (AvgIpc) is 2.96. The molecule has 0 spiro atoms. The fourth-order valence-corrected chi connectivity index (χ4v) is 2.27. The van der Waals surface area contributed by atoms with Crippen LogP contribution in [-0.4, -0.2) is 15.0 Å². The van der Waals surface area contributed by atoms with Crippen molar-refractivity contribution in [3.63, 3.8) is 0 Å². The second kappa shape index (κ2) is 5.83. The lowest BCUT2D eigenvalue weighted by molar-refractivity contribution is 0.529. The highest BCUT2D eigenvalue weighted by Crippen LogP contribution is 2.24. The predicted octanol–water partition coefficient (Wildman–Crippen LogP) is 3.56. The fourth-order valence-electron chi connectivity index (χ4n) is 1.61. The van der Waals surface area contributed by atoms with Crippen LogP contribution in [0, 0.1) is 5.82 Å². The van der Waals surface area contributed by atoms with Gasteiger partial charge >= 0.3 is 0 Å². The van der Waals surface area contributed by atoms with Crippen molar-refractivity contribution in [2.24, 2.45) is 0 Å². The Morgan fingerprint density at radius 3 is 2.55 bits per heavy atom. The number of nitrogens with zero attached hydrogens (tertiary/aromatic N) is 3. The molecule has 4 nitrogen and oxygen atoms in total. The Morgan fingerprint density at radius 2 is 1.80 bits per heavy atom. The third-order valence-corrected chi connectivity index (χ3v) is 3.41. The van der Waals surface area contributed by atoms with Crippen molar-refractivity contribution in [2.45, 2.75) is 10.9 Å². The maximum absolute atomic E-state index is 12.9. The summed E-state index contributed by atoms with van der Waals surface area (Å²) >= 11 is 1.45. The summed E-state index contributed by atoms with van der Waals surface area (Å²) < 4.78 is 18.5. The van der Waals surface area contributed by atoms with Gasteiger partial charge in [-0.15, -0.1) is 0 Å². The van der Waals surface area contributed by atoms with Crippen molar-refractivity contribution in [2.75, 3.05) is 0 Å². The Labute approximate surface area is 119 Å². The molecule has 1 aromatic carbocycles. The first-order valence-electron chi connectivity index (χ1n) is 5.92. The molecule has 0 aliphatic heterocycles. The van der Waals surface area contributed by atoms with Crippen LogP contribution in [0.3, 0.4) is 0 Å². The molecular weight excluding hydrogens is 277 g/mol. The summed E-state index contributed by atoms with van der Waals surface area (Å²) in [7, 11) is 0. The van der Waals surface area contributed by atoms with Crippen LogP contribution in [0.5, 0.6) is 0 Å². The molecule has 3 rings (SSSR count). The molecule has 2 aromatic heterocycles. The molecule has 0 aliphatic rings. The van der Waals surface area contributed by atoms with Crippen molar-refractivity contribution in [3.8, 4) is 11.3 Å². The number of benzene rings is 1. The lowest BCUT2D eigenvalue weighted by atomic mass is 10.2. The molecule has 100 valence electrons. The third-order valence-electron chi connectivity index (χ3n) is 2.55. The molecule has 2 heterocycles. The van der Waals surface area contributed by atoms with Crippen molar-refractivity contribution < 1.29 is 8.81 Å². The zero-order chi connectivity index (χ0) is 13.8. The van der Waals surface area contributed by atoms with Gasteiger partial charge in [-0.25, -0.2) is 19.3 Å². The molecule has 6 heteroatoms. The number of thioether (sulfide) groups is 1. The molecule has 0 amide bonds. The molecule has 0 unspecified atom stereocenters. The van der Waals surface area contributed by atoms with Crippen LogP contribution in [0.4, 0.5) is 4.39 Å². The minimum atomic E-state index is -0.273. The van der Waals surface area contributed by atoms with Crippen molar-refractivity contribution >= 4 is 11.8 Å². The lowest BCUT2D eigenvalue weighted by Crippen LogP contribution is -1.85. The number of aromatic nitrogens is 3. The van der Waals surface area contributed by atoms with Gasteiger partial charge in [0.1, 0.15) is 5.82 Å². The lowest BCUT2D eigenvalue weighted by Gasteiger charge is -1.97. The monoisotopic (exact) mass is 287 g/mol. The zero-order valence-corrected chi connectivity index (χ0v) is 11.2. The Hall–Kier alpha value is -2.21. The zero-order valence-electron chi connectivity index (χ0n) is 10.4. The van der Waals surface area contributed by atoms with E-state index in [1.807, 2.05) is 0 Å². The van der Waals surface area contributed by atoms with E-state index in [2.05, 4.69) is 15.0 Å². The first kappa shape index (κ1) is 12.8. The molecule has 0 saturated heterocycles. The SMILES string of the molecule is Fc1ccc(-c2cnc(CSc3ncccn3)o2)cc1. The predicted molar refractivity (Wildman–Crippen MR) is 73.5 cm³/mol. The smallest absolute Gasteiger partial charge is 0.205 e. The Balaban J connectivity index is 1.69. The Kier molecular flexibility index (Phi) is 3.73. The second-order valence-electron chi connectivity index (χ2n) is 3.95. The van der Waals surface area contributed by atoms with Gasteiger partial charge in [-0.2, -0.15) is 0 Å². The van der Waals surface area contributed by atoms with E-state index in [1.165, 1.54) is 23.9 Å². The highest BCUT2D eigenvalue weighted by atomic mass is 32.2. The summed E-state index contributed by atoms with van der Waals surface area (Å²) in [5, 5.41) is 0.675. The summed E-state index contributed by atoms with van der Waals surface area (Å²) in [4.78, 5) is 12.4. The van der Waals surface area contributed by atoms with Crippen LogP contribution in [-0.2, 0) is 5.75 Å². The summed E-state index contributed by atoms with van der Waals surface area (Å²) in [6.07, 6.45) is 5.01. The standard InChI is InChI=1S/C14H10FN3OS/c15-11-4-2-10(3-5-11)12-8-18-13(19-12)9-20-14-16-6-1-7-17-14/h1-8H,9H2. The van der Waals surface area contributed by atoms with Crippen LogP contribution in [0.1, 0.15) is 5.89 Å². The molecule has 0 aliphatic carbocycles. The summed E-state index contributed by atoms with van der Waals surface area (Å²) in [5.41, 5.74) is 0.797. The maximum Gasteiger partial charge on any atom is 0.205 e. The minimum Gasteiger partial charge on any atom is -0.440 e. The van der Waals surface area contributed by atoms with Crippen molar-refractivity contribution in [3.05, 3.63) is 60.6 Å². The van der Waals surface area contributed by atoms with Crippen LogP contribution in [0.25, 0.3) is 11.3 Å². The number of halogens is 1. The highest BCUT2D eigenvalue weighted by molar-refractivity contribution is 7.98. The molecule has 0 fully saturated rings. The van der Waals surface area contributed by atoms with Crippen LogP contribution >= 0.6 is 11.8 Å². The van der Waals surface area contributed by atoms with Crippen LogP contribution in [0.15, 0.2) is 58.5 Å². The van der Waals surface area contributed by atoms with E-state index in [4.69, 9.17) is 4.42 Å². The molecular formula is C14H10FN3OS. The van der Waals surface area contributed by atoms with E-state index >= 15 is 0 Å². The summed E-state index contributed by atoms with van der Waals surface area (Å²) in [6, 6.07) is 7.87. The first-order chi connectivity index (χ1) is 9.81. The van der Waals surface area contributed by atoms with Gasteiger partial charge in [0, 0.05) is 18.0 Å². The highest BCUT2D eigenvalue weighted by Gasteiger charge is 2.07. The number of hydrogen-bond acceptors (Lipinski definition) is 5. The molecule has 20 heavy (non-hydrogen) atoms. The van der Waals surface area contributed by atoms with Crippen LogP contribution in [0.2, 0.25) is 0 Å². The van der Waals surface area contributed by atoms with Gasteiger partial charge in [0.15, 0.2) is 10.9 Å². The van der Waals surface area contributed by atoms with Gasteiger partial charge in [-0.3, -0.25) is 0 Å². The van der Waals surface area contributed by atoms with E-state index < -0.39 is 0 Å². The quantitative estimate of drug-likeness (QED) is 0.542. The summed E-state index contributed by atoms with van der Waals surface area (Å²) in [6.45, 7) is 0. The summed E-state index contributed by atoms with van der Waals surface area (Å²) in [5.74, 6) is 1.48. The van der Waals surface area contributed by atoms with Gasteiger partial charge in [0.05, 0.1) is 11.9 Å². The molecule has 0 N–H and O–H groups in total. The van der Waals surface area contributed by atoms with E-state index in [0.717, 1.165) is 5.56 Å². The van der Waals surface area contributed by atoms with Gasteiger partial charge in [0.2, 0.25) is 5.89 Å². The Morgan fingerprint density at radius 1 is 1.05 bits per heavy atom. The van der Waals surface area contributed by atoms with Gasteiger partial charge in [-0.1, -0.05) is 11.8 Å². The second-order valence-corrected chi connectivity index (χ2v) is 4.89. The number of rotatable bonds is 4. The number of hydrogen-bond donors (Lipinski definition) is 0. The first-order valence-corrected chi connectivity index (χ1v) is 6.90. The maximum atomic E-state index is 12.9. The largest absolute Gasteiger partial charge is 0.440 e. The number of oxazole rings is 1. The minimum absolute atomic E-state index is 0.273. The fraction of sp³-hybridized carbons (Fsp3) is 0.0714. The average molecular weight is 287 g/mol. The molecule has 0 atom stereocenters. The van der Waals surface area contributed by atoms with E-state index in [-0.39, 0.29) is 5.82 Å². The molecule has 0 radical (unpaired) electrons. The third kappa shape index (κ3) is 3.03. The van der Waals surface area contributed by atoms with Gasteiger partial charge < -0.3 is 4.42 Å². The van der Waals surface area contributed by atoms with Gasteiger partial charge in [0.25, 0.3) is 0 Å². The van der Waals surface area contributed by atoms with Gasteiger partial charge in [-0.05, 0) is 30.3 Å². The van der Waals surface area contributed by atoms with E-state index in [1.54, 1.807) is 36.8 Å². The van der Waals surface area contributed by atoms with Crippen molar-refractivity contribution in [1.29, 1.82) is 0 Å². The topological polar surface area (TPSA) is 51.8 Å². The normalized spacial score (nSPS) is 10.7.